The second kappa shape index (κ2) is 9.99. The highest BCUT2D eigenvalue weighted by molar-refractivity contribution is 5.60. The maximum atomic E-state index is 10.3. The first-order chi connectivity index (χ1) is 15.9. The minimum absolute atomic E-state index is 0.0322. The summed E-state index contributed by atoms with van der Waals surface area (Å²) >= 11 is 0. The lowest BCUT2D eigenvalue weighted by atomic mass is 9.58. The Bertz CT molecular complexity index is 1070. The quantitative estimate of drug-likeness (QED) is 0.673. The Hall–Kier alpha value is -3.47. The molecule has 7 nitrogen and oxygen atoms in total. The topological polar surface area (TPSA) is 119 Å². The smallest absolute Gasteiger partial charge is 0.191 e. The number of nitrogens with zero attached hydrogens (tertiary/aromatic N) is 4. The molecule has 3 rings (SSSR count). The molecule has 0 fully saturated rings. The number of nitriles is 3. The highest BCUT2D eigenvalue weighted by Gasteiger charge is 2.54. The van der Waals surface area contributed by atoms with Crippen molar-refractivity contribution in [3.05, 3.63) is 46.7 Å². The summed E-state index contributed by atoms with van der Waals surface area (Å²) in [7, 11) is 0. The van der Waals surface area contributed by atoms with Gasteiger partial charge in [-0.15, -0.1) is 0 Å². The number of benzene rings is 1. The molecule has 1 aliphatic heterocycles. The van der Waals surface area contributed by atoms with E-state index < -0.39 is 11.3 Å². The van der Waals surface area contributed by atoms with Crippen molar-refractivity contribution in [3.8, 4) is 29.7 Å². The summed E-state index contributed by atoms with van der Waals surface area (Å²) in [5, 5.41) is 30.5. The number of hydrogen-bond acceptors (Lipinski definition) is 7. The summed E-state index contributed by atoms with van der Waals surface area (Å²) in [6.45, 7) is 10.5. The van der Waals surface area contributed by atoms with Crippen LogP contribution in [0.4, 0.5) is 0 Å². The van der Waals surface area contributed by atoms with E-state index in [1.807, 2.05) is 38.1 Å². The molecule has 1 aromatic carbocycles. The van der Waals surface area contributed by atoms with E-state index in [0.717, 1.165) is 17.6 Å². The molecule has 2 aliphatic rings. The summed E-state index contributed by atoms with van der Waals surface area (Å²) < 4.78 is 11.7. The molecule has 2 atom stereocenters. The van der Waals surface area contributed by atoms with E-state index in [4.69, 9.17) is 15.2 Å². The first kappa shape index (κ1) is 24.2. The molecule has 0 spiro atoms. The van der Waals surface area contributed by atoms with Gasteiger partial charge in [0.2, 0.25) is 0 Å². The Balaban J connectivity index is 2.24. The number of allylic oxidation sites excluding steroid dienone is 2. The van der Waals surface area contributed by atoms with Gasteiger partial charge in [0.05, 0.1) is 36.6 Å². The van der Waals surface area contributed by atoms with Crippen molar-refractivity contribution in [2.24, 2.45) is 17.1 Å². The van der Waals surface area contributed by atoms with E-state index in [-0.39, 0.29) is 23.2 Å². The third-order valence-corrected chi connectivity index (χ3v) is 6.51. The number of nitrogens with two attached hydrogens (primary N) is 1. The summed E-state index contributed by atoms with van der Waals surface area (Å²) in [5.74, 6) is 0.405. The highest BCUT2D eigenvalue weighted by atomic mass is 16.5. The van der Waals surface area contributed by atoms with Crippen molar-refractivity contribution >= 4 is 0 Å². The van der Waals surface area contributed by atoms with Crippen LogP contribution in [0.5, 0.6) is 11.5 Å². The molecular formula is C26H31N5O2. The molecule has 1 heterocycles. The highest BCUT2D eigenvalue weighted by Crippen LogP contribution is 2.55. The van der Waals surface area contributed by atoms with Crippen LogP contribution in [0.1, 0.15) is 45.6 Å². The Labute approximate surface area is 196 Å². The van der Waals surface area contributed by atoms with E-state index in [1.54, 1.807) is 0 Å². The van der Waals surface area contributed by atoms with E-state index in [1.165, 1.54) is 0 Å². The lowest BCUT2D eigenvalue weighted by Gasteiger charge is -2.46. The van der Waals surface area contributed by atoms with E-state index in [9.17, 15) is 15.8 Å². The molecule has 7 heteroatoms. The Kier molecular flexibility index (Phi) is 7.32. The minimum Gasteiger partial charge on any atom is -0.490 e. The molecular weight excluding hydrogens is 414 g/mol. The third kappa shape index (κ3) is 4.15. The molecule has 172 valence electrons. The minimum atomic E-state index is -1.66. The van der Waals surface area contributed by atoms with Gasteiger partial charge in [-0.1, -0.05) is 19.1 Å². The fraction of sp³-hybridized carbons (Fsp3) is 0.500. The van der Waals surface area contributed by atoms with Crippen molar-refractivity contribution in [1.82, 2.24) is 4.90 Å². The van der Waals surface area contributed by atoms with Gasteiger partial charge >= 0.3 is 0 Å². The molecule has 0 amide bonds. The van der Waals surface area contributed by atoms with Gasteiger partial charge in [0.15, 0.2) is 16.9 Å². The Morgan fingerprint density at radius 1 is 1.15 bits per heavy atom. The van der Waals surface area contributed by atoms with Gasteiger partial charge in [-0.3, -0.25) is 4.90 Å². The molecule has 2 N–H and O–H groups in total. The second-order valence-corrected chi connectivity index (χ2v) is 8.71. The van der Waals surface area contributed by atoms with Gasteiger partial charge in [-0.05, 0) is 50.5 Å². The normalized spacial score (nSPS) is 21.9. The molecule has 0 saturated carbocycles. The Morgan fingerprint density at radius 3 is 2.45 bits per heavy atom. The maximum absolute atomic E-state index is 10.3. The molecule has 0 aromatic heterocycles. The standard InChI is InChI=1S/C26H31N5O2/c1-5-11-33-22-8-7-18(12-23(22)32-6-2)24-21-14-31(17(3)4)10-9-19(21)20(13-27)25(30)26(24,15-28)16-29/h7-9,12,17,21,24H,5-6,10-11,14,30H2,1-4H3/t21-,24-/m0/s1. The SMILES string of the molecule is CCCOc1ccc([C@H]2[C@H]3CN(C(C)C)CC=C3C(C#N)=C(N)C2(C#N)C#N)cc1OCC. The van der Waals surface area contributed by atoms with Gasteiger partial charge < -0.3 is 15.2 Å². The number of fused-ring (bicyclic) bond motifs is 1. The molecule has 1 aliphatic carbocycles. The van der Waals surface area contributed by atoms with Crippen LogP contribution in [0.25, 0.3) is 0 Å². The van der Waals surface area contributed by atoms with Gasteiger partial charge in [0, 0.05) is 31.0 Å². The summed E-state index contributed by atoms with van der Waals surface area (Å²) in [6.07, 6.45) is 2.88. The number of ether oxygens (including phenoxy) is 2. The second-order valence-electron chi connectivity index (χ2n) is 8.71. The van der Waals surface area contributed by atoms with E-state index in [0.29, 0.717) is 37.8 Å². The van der Waals surface area contributed by atoms with E-state index >= 15 is 0 Å². The van der Waals surface area contributed by atoms with Crippen LogP contribution in [0.3, 0.4) is 0 Å². The van der Waals surface area contributed by atoms with Crippen LogP contribution in [-0.2, 0) is 0 Å². The predicted molar refractivity (Wildman–Crippen MR) is 125 cm³/mol. The van der Waals surface area contributed by atoms with Gasteiger partial charge in [0.1, 0.15) is 6.07 Å². The zero-order valence-corrected chi connectivity index (χ0v) is 19.8. The molecule has 1 aromatic rings. The van der Waals surface area contributed by atoms with Crippen LogP contribution in [0.2, 0.25) is 0 Å². The molecule has 33 heavy (non-hydrogen) atoms. The lowest BCUT2D eigenvalue weighted by molar-refractivity contribution is 0.174. The van der Waals surface area contributed by atoms with Crippen molar-refractivity contribution < 1.29 is 9.47 Å². The van der Waals surface area contributed by atoms with Crippen LogP contribution in [0.15, 0.2) is 41.1 Å². The zero-order chi connectivity index (χ0) is 24.2. The average molecular weight is 446 g/mol. The van der Waals surface area contributed by atoms with Crippen LogP contribution < -0.4 is 15.2 Å². The largest absolute Gasteiger partial charge is 0.490 e. The lowest BCUT2D eigenvalue weighted by Crippen LogP contribution is -2.49. The maximum Gasteiger partial charge on any atom is 0.191 e. The predicted octanol–water partition coefficient (Wildman–Crippen LogP) is 4.01. The monoisotopic (exact) mass is 445 g/mol. The van der Waals surface area contributed by atoms with Crippen molar-refractivity contribution in [2.75, 3.05) is 26.3 Å². The summed E-state index contributed by atoms with van der Waals surface area (Å²) in [4.78, 5) is 2.28. The van der Waals surface area contributed by atoms with Crippen LogP contribution in [-0.4, -0.2) is 37.2 Å². The zero-order valence-electron chi connectivity index (χ0n) is 19.8. The molecule has 0 saturated heterocycles. The van der Waals surface area contributed by atoms with Crippen LogP contribution in [0, 0.1) is 45.3 Å². The number of rotatable bonds is 7. The molecule has 0 bridgehead atoms. The molecule has 0 unspecified atom stereocenters. The van der Waals surface area contributed by atoms with Gasteiger partial charge in [-0.2, -0.15) is 15.8 Å². The fourth-order valence-electron chi connectivity index (χ4n) is 4.82. The summed E-state index contributed by atoms with van der Waals surface area (Å²) in [5.41, 5.74) is 6.63. The van der Waals surface area contributed by atoms with Crippen molar-refractivity contribution in [1.29, 1.82) is 15.8 Å². The summed E-state index contributed by atoms with van der Waals surface area (Å²) in [6, 6.07) is 12.4. The number of hydrogen-bond donors (Lipinski definition) is 1. The third-order valence-electron chi connectivity index (χ3n) is 6.51. The van der Waals surface area contributed by atoms with E-state index in [2.05, 4.69) is 37.0 Å². The fourth-order valence-corrected chi connectivity index (χ4v) is 4.82. The van der Waals surface area contributed by atoms with Crippen molar-refractivity contribution in [3.63, 3.8) is 0 Å². The molecule has 0 radical (unpaired) electrons. The van der Waals surface area contributed by atoms with Gasteiger partial charge in [-0.25, -0.2) is 0 Å². The van der Waals surface area contributed by atoms with Crippen LogP contribution >= 0.6 is 0 Å². The Morgan fingerprint density at radius 2 is 1.88 bits per heavy atom. The first-order valence-electron chi connectivity index (χ1n) is 11.4. The van der Waals surface area contributed by atoms with Crippen molar-refractivity contribution in [2.45, 2.75) is 46.1 Å². The average Bonchev–Trinajstić information content (AvgIpc) is 2.82. The first-order valence-corrected chi connectivity index (χ1v) is 11.4. The van der Waals surface area contributed by atoms with Gasteiger partial charge in [0.25, 0.3) is 0 Å².